The van der Waals surface area contributed by atoms with Crippen LogP contribution in [0.2, 0.25) is 5.02 Å². The van der Waals surface area contributed by atoms with Crippen molar-refractivity contribution in [2.24, 2.45) is 0 Å². The lowest BCUT2D eigenvalue weighted by Gasteiger charge is -2.27. The molecule has 1 aromatic carbocycles. The Kier molecular flexibility index (Phi) is 6.14. The first kappa shape index (κ1) is 17.1. The second-order valence-corrected chi connectivity index (χ2v) is 5.31. The third kappa shape index (κ3) is 5.21. The summed E-state index contributed by atoms with van der Waals surface area (Å²) in [6, 6.07) is 5.29. The second-order valence-electron chi connectivity index (χ2n) is 4.90. The van der Waals surface area contributed by atoms with Gasteiger partial charge in [0, 0.05) is 35.4 Å². The third-order valence-electron chi connectivity index (χ3n) is 2.87. The highest BCUT2D eigenvalue weighted by Gasteiger charge is 2.31. The van der Waals surface area contributed by atoms with Crippen LogP contribution in [0.15, 0.2) is 18.2 Å². The second kappa shape index (κ2) is 7.18. The summed E-state index contributed by atoms with van der Waals surface area (Å²) in [6.45, 7) is 5.40. The van der Waals surface area contributed by atoms with Crippen LogP contribution in [-0.4, -0.2) is 25.3 Å². The summed E-state index contributed by atoms with van der Waals surface area (Å²) >= 11 is 6.14. The molecule has 1 aromatic rings. The van der Waals surface area contributed by atoms with Crippen molar-refractivity contribution >= 4 is 17.3 Å². The number of anilines is 1. The molecule has 1 N–H and O–H groups in total. The number of benzene rings is 1. The van der Waals surface area contributed by atoms with E-state index in [-0.39, 0.29) is 12.6 Å². The molecule has 0 saturated carbocycles. The normalized spacial score (nSPS) is 12.0. The maximum Gasteiger partial charge on any atom is 0.405 e. The van der Waals surface area contributed by atoms with Crippen molar-refractivity contribution < 1.29 is 13.2 Å². The van der Waals surface area contributed by atoms with Crippen LogP contribution in [0.1, 0.15) is 26.3 Å². The Bertz CT molecular complexity index is 433. The van der Waals surface area contributed by atoms with Gasteiger partial charge in [0.1, 0.15) is 6.54 Å². The van der Waals surface area contributed by atoms with Gasteiger partial charge in [0.2, 0.25) is 0 Å². The maximum absolute atomic E-state index is 12.6. The van der Waals surface area contributed by atoms with Gasteiger partial charge in [0.05, 0.1) is 0 Å². The van der Waals surface area contributed by atoms with Crippen LogP contribution in [0.5, 0.6) is 0 Å². The molecule has 0 radical (unpaired) electrons. The molecular formula is C14H20ClF3N2. The zero-order valence-corrected chi connectivity index (χ0v) is 12.6. The van der Waals surface area contributed by atoms with Crippen LogP contribution in [0, 0.1) is 0 Å². The Morgan fingerprint density at radius 3 is 2.45 bits per heavy atom. The first-order chi connectivity index (χ1) is 9.24. The van der Waals surface area contributed by atoms with E-state index in [1.807, 2.05) is 13.8 Å². The Morgan fingerprint density at radius 1 is 1.30 bits per heavy atom. The highest BCUT2D eigenvalue weighted by Crippen LogP contribution is 2.30. The SMILES string of the molecule is CCN(CC(F)(F)F)c1cccc(Cl)c1CNC(C)C. The molecule has 0 aliphatic heterocycles. The fourth-order valence-electron chi connectivity index (χ4n) is 1.91. The molecule has 114 valence electrons. The van der Waals surface area contributed by atoms with Gasteiger partial charge in [0.25, 0.3) is 0 Å². The summed E-state index contributed by atoms with van der Waals surface area (Å²) in [6.07, 6.45) is -4.24. The molecule has 0 amide bonds. The highest BCUT2D eigenvalue weighted by atomic mass is 35.5. The summed E-state index contributed by atoms with van der Waals surface area (Å²) in [4.78, 5) is 1.29. The summed E-state index contributed by atoms with van der Waals surface area (Å²) in [5.74, 6) is 0. The van der Waals surface area contributed by atoms with E-state index in [0.717, 1.165) is 0 Å². The van der Waals surface area contributed by atoms with Gasteiger partial charge in [-0.15, -0.1) is 0 Å². The first-order valence-electron chi connectivity index (χ1n) is 6.57. The van der Waals surface area contributed by atoms with Gasteiger partial charge in [-0.2, -0.15) is 13.2 Å². The lowest BCUT2D eigenvalue weighted by atomic mass is 10.1. The van der Waals surface area contributed by atoms with E-state index in [1.54, 1.807) is 25.1 Å². The molecule has 20 heavy (non-hydrogen) atoms. The molecule has 1 rings (SSSR count). The van der Waals surface area contributed by atoms with Gasteiger partial charge in [-0.05, 0) is 19.1 Å². The van der Waals surface area contributed by atoms with Crippen LogP contribution in [-0.2, 0) is 6.54 Å². The predicted octanol–water partition coefficient (Wildman–Crippen LogP) is 4.23. The molecule has 2 nitrogen and oxygen atoms in total. The summed E-state index contributed by atoms with van der Waals surface area (Å²) in [7, 11) is 0. The standard InChI is InChI=1S/C14H20ClF3N2/c1-4-20(9-14(16,17)18)13-7-5-6-12(15)11(13)8-19-10(2)3/h5-7,10,19H,4,8-9H2,1-3H3. The lowest BCUT2D eigenvalue weighted by Crippen LogP contribution is -2.35. The van der Waals surface area contributed by atoms with Gasteiger partial charge in [-0.1, -0.05) is 31.5 Å². The van der Waals surface area contributed by atoms with E-state index in [2.05, 4.69) is 5.32 Å². The van der Waals surface area contributed by atoms with Crippen LogP contribution >= 0.6 is 11.6 Å². The van der Waals surface area contributed by atoms with E-state index in [0.29, 0.717) is 22.8 Å². The molecule has 0 fully saturated rings. The summed E-state index contributed by atoms with van der Waals surface area (Å²) < 4.78 is 37.9. The number of nitrogens with zero attached hydrogens (tertiary/aromatic N) is 1. The van der Waals surface area contributed by atoms with E-state index in [9.17, 15) is 13.2 Å². The molecule has 0 aromatic heterocycles. The van der Waals surface area contributed by atoms with E-state index < -0.39 is 12.7 Å². The quantitative estimate of drug-likeness (QED) is 0.846. The zero-order valence-electron chi connectivity index (χ0n) is 11.9. The van der Waals surface area contributed by atoms with E-state index >= 15 is 0 Å². The van der Waals surface area contributed by atoms with Crippen LogP contribution in [0.3, 0.4) is 0 Å². The summed E-state index contributed by atoms with van der Waals surface area (Å²) in [5, 5.41) is 3.68. The van der Waals surface area contributed by atoms with Crippen LogP contribution in [0.4, 0.5) is 18.9 Å². The molecule has 0 saturated heterocycles. The Balaban J connectivity index is 3.05. The number of alkyl halides is 3. The lowest BCUT2D eigenvalue weighted by molar-refractivity contribution is -0.119. The average molecular weight is 309 g/mol. The topological polar surface area (TPSA) is 15.3 Å². The van der Waals surface area contributed by atoms with Crippen molar-refractivity contribution in [3.05, 3.63) is 28.8 Å². The molecule has 0 atom stereocenters. The minimum atomic E-state index is -4.24. The van der Waals surface area contributed by atoms with Crippen molar-refractivity contribution in [1.29, 1.82) is 0 Å². The number of nitrogens with one attached hydrogen (secondary N) is 1. The molecule has 0 heterocycles. The van der Waals surface area contributed by atoms with E-state index in [4.69, 9.17) is 11.6 Å². The maximum atomic E-state index is 12.6. The van der Waals surface area contributed by atoms with Crippen molar-refractivity contribution in [3.63, 3.8) is 0 Å². The van der Waals surface area contributed by atoms with Gasteiger partial charge in [-0.25, -0.2) is 0 Å². The third-order valence-corrected chi connectivity index (χ3v) is 3.23. The zero-order chi connectivity index (χ0) is 15.3. The van der Waals surface area contributed by atoms with Gasteiger partial charge >= 0.3 is 6.18 Å². The molecule has 0 unspecified atom stereocenters. The number of halogens is 4. The van der Waals surface area contributed by atoms with Crippen molar-refractivity contribution in [1.82, 2.24) is 5.32 Å². The highest BCUT2D eigenvalue weighted by molar-refractivity contribution is 6.31. The Morgan fingerprint density at radius 2 is 1.95 bits per heavy atom. The molecular weight excluding hydrogens is 289 g/mol. The molecule has 0 aliphatic carbocycles. The Labute approximate surface area is 122 Å². The largest absolute Gasteiger partial charge is 0.405 e. The average Bonchev–Trinajstić information content (AvgIpc) is 2.33. The van der Waals surface area contributed by atoms with E-state index in [1.165, 1.54) is 4.90 Å². The van der Waals surface area contributed by atoms with Crippen molar-refractivity contribution in [3.8, 4) is 0 Å². The van der Waals surface area contributed by atoms with Gasteiger partial charge in [0.15, 0.2) is 0 Å². The monoisotopic (exact) mass is 308 g/mol. The minimum absolute atomic E-state index is 0.233. The first-order valence-corrected chi connectivity index (χ1v) is 6.95. The molecule has 0 spiro atoms. The predicted molar refractivity (Wildman–Crippen MR) is 77.4 cm³/mol. The van der Waals surface area contributed by atoms with Gasteiger partial charge < -0.3 is 10.2 Å². The summed E-state index contributed by atoms with van der Waals surface area (Å²) in [5.41, 5.74) is 1.24. The Hall–Kier alpha value is -0.940. The number of rotatable bonds is 6. The molecule has 6 heteroatoms. The molecule has 0 aliphatic rings. The van der Waals surface area contributed by atoms with Crippen LogP contribution < -0.4 is 10.2 Å². The smallest absolute Gasteiger partial charge is 0.363 e. The fraction of sp³-hybridized carbons (Fsp3) is 0.571. The van der Waals surface area contributed by atoms with Crippen molar-refractivity contribution in [2.45, 2.75) is 39.5 Å². The fourth-order valence-corrected chi connectivity index (χ4v) is 2.14. The number of hydrogen-bond acceptors (Lipinski definition) is 2. The minimum Gasteiger partial charge on any atom is -0.363 e. The molecule has 0 bridgehead atoms. The number of hydrogen-bond donors (Lipinski definition) is 1. The van der Waals surface area contributed by atoms with Crippen LogP contribution in [0.25, 0.3) is 0 Å². The van der Waals surface area contributed by atoms with Crippen molar-refractivity contribution in [2.75, 3.05) is 18.0 Å². The van der Waals surface area contributed by atoms with Gasteiger partial charge in [-0.3, -0.25) is 0 Å².